The van der Waals surface area contributed by atoms with E-state index < -0.39 is 16.9 Å². The minimum absolute atomic E-state index is 0.0412. The Morgan fingerprint density at radius 1 is 1.44 bits per heavy atom. The number of aliphatic hydroxyl groups excluding tert-OH is 1. The van der Waals surface area contributed by atoms with Crippen LogP contribution in [0.3, 0.4) is 0 Å². The molecule has 0 aliphatic rings. The highest BCUT2D eigenvalue weighted by atomic mass is 35.5. The Hall–Kier alpha value is -0.850. The van der Waals surface area contributed by atoms with Crippen molar-refractivity contribution in [1.82, 2.24) is 0 Å². The zero-order chi connectivity index (χ0) is 12.2. The second-order valence-corrected chi connectivity index (χ2v) is 3.30. The summed E-state index contributed by atoms with van der Waals surface area (Å²) >= 11 is 5.57. The third-order valence-corrected chi connectivity index (χ3v) is 2.20. The molecular weight excluding hydrogens is 247 g/mol. The second kappa shape index (κ2) is 5.47. The fourth-order valence-corrected chi connectivity index (χ4v) is 1.35. The molecule has 0 bridgehead atoms. The zero-order valence-corrected chi connectivity index (χ0v) is 8.92. The Morgan fingerprint density at radius 3 is 2.69 bits per heavy atom. The number of hydrogen-bond acceptors (Lipinski definition) is 2. The molecule has 0 aliphatic heterocycles. The lowest BCUT2D eigenvalue weighted by Gasteiger charge is -2.07. The molecule has 90 valence electrons. The summed E-state index contributed by atoms with van der Waals surface area (Å²) in [6.07, 6.45) is -3.12. The molecule has 0 saturated heterocycles. The van der Waals surface area contributed by atoms with Crippen LogP contribution in [0.15, 0.2) is 18.3 Å². The number of halogens is 4. The second-order valence-electron chi connectivity index (χ2n) is 2.94. The van der Waals surface area contributed by atoms with Gasteiger partial charge in [0.25, 0.3) is 11.9 Å². The van der Waals surface area contributed by atoms with E-state index in [1.54, 1.807) is 0 Å². The van der Waals surface area contributed by atoms with Gasteiger partial charge < -0.3 is 9.84 Å². The predicted octanol–water partition coefficient (Wildman–Crippen LogP) is 1.61. The number of alkyl halides is 3. The van der Waals surface area contributed by atoms with Gasteiger partial charge in [-0.2, -0.15) is 17.7 Å². The highest BCUT2D eigenvalue weighted by Gasteiger charge is 2.37. The van der Waals surface area contributed by atoms with Crippen molar-refractivity contribution in [3.05, 3.63) is 29.0 Å². The van der Waals surface area contributed by atoms with E-state index in [0.29, 0.717) is 0 Å². The van der Waals surface area contributed by atoms with Gasteiger partial charge in [-0.25, -0.2) is 0 Å². The van der Waals surface area contributed by atoms with Crippen LogP contribution in [0, 0.1) is 0 Å². The van der Waals surface area contributed by atoms with Crippen LogP contribution in [0.4, 0.5) is 13.2 Å². The van der Waals surface area contributed by atoms with E-state index >= 15 is 0 Å². The molecule has 7 heteroatoms. The Balaban J connectivity index is 2.87. The van der Waals surface area contributed by atoms with Gasteiger partial charge in [0.15, 0.2) is 6.20 Å². The summed E-state index contributed by atoms with van der Waals surface area (Å²) in [5.74, 6) is 0. The third-order valence-electron chi connectivity index (χ3n) is 1.77. The minimum Gasteiger partial charge on any atom is -0.394 e. The van der Waals surface area contributed by atoms with Crippen molar-refractivity contribution in [2.24, 2.45) is 0 Å². The minimum atomic E-state index is -4.49. The highest BCUT2D eigenvalue weighted by molar-refractivity contribution is 6.29. The fraction of sp³-hybridized carbons (Fsp3) is 0.444. The normalized spacial score (nSPS) is 11.8. The molecule has 3 nitrogen and oxygen atoms in total. The molecule has 0 aliphatic carbocycles. The largest absolute Gasteiger partial charge is 0.423 e. The summed E-state index contributed by atoms with van der Waals surface area (Å²) in [6.45, 7) is -0.292. The first-order valence-corrected chi connectivity index (χ1v) is 4.78. The van der Waals surface area contributed by atoms with Crippen molar-refractivity contribution in [2.45, 2.75) is 12.9 Å². The van der Waals surface area contributed by atoms with Crippen LogP contribution < -0.4 is 4.57 Å². The lowest BCUT2D eigenvalue weighted by molar-refractivity contribution is -0.731. The quantitative estimate of drug-likeness (QED) is 0.504. The molecule has 1 aromatic rings. The first-order chi connectivity index (χ1) is 7.46. The van der Waals surface area contributed by atoms with Crippen LogP contribution in [0.25, 0.3) is 0 Å². The van der Waals surface area contributed by atoms with E-state index in [1.165, 1.54) is 12.3 Å². The van der Waals surface area contributed by atoms with Crippen molar-refractivity contribution in [1.29, 1.82) is 0 Å². The molecular formula is C9H10ClF3NO2+. The van der Waals surface area contributed by atoms with Gasteiger partial charge in [-0.1, -0.05) is 0 Å². The fourth-order valence-electron chi connectivity index (χ4n) is 1.07. The smallest absolute Gasteiger partial charge is 0.394 e. The van der Waals surface area contributed by atoms with Gasteiger partial charge in [-0.05, 0) is 17.7 Å². The van der Waals surface area contributed by atoms with E-state index in [1.807, 2.05) is 0 Å². The van der Waals surface area contributed by atoms with Gasteiger partial charge in [0.05, 0.1) is 13.2 Å². The van der Waals surface area contributed by atoms with Crippen LogP contribution in [-0.2, 0) is 17.6 Å². The summed E-state index contributed by atoms with van der Waals surface area (Å²) in [5, 5.41) is 8.01. The van der Waals surface area contributed by atoms with E-state index in [4.69, 9.17) is 21.4 Å². The molecule has 1 rings (SSSR count). The molecule has 0 fully saturated rings. The number of aliphatic hydroxyl groups is 1. The van der Waals surface area contributed by atoms with Crippen molar-refractivity contribution in [3.8, 4) is 0 Å². The summed E-state index contributed by atoms with van der Waals surface area (Å²) < 4.78 is 43.3. The zero-order valence-electron chi connectivity index (χ0n) is 8.17. The van der Waals surface area contributed by atoms with E-state index in [9.17, 15) is 13.2 Å². The van der Waals surface area contributed by atoms with Gasteiger partial charge in [0.2, 0.25) is 0 Å². The highest BCUT2D eigenvalue weighted by Crippen LogP contribution is 2.32. The van der Waals surface area contributed by atoms with Gasteiger partial charge in [0, 0.05) is 6.07 Å². The maximum atomic E-state index is 12.4. The summed E-state index contributed by atoms with van der Waals surface area (Å²) in [7, 11) is 0. The SMILES string of the molecule is OCCOC[n+]1cccc(C(F)(F)F)c1Cl. The Morgan fingerprint density at radius 2 is 2.12 bits per heavy atom. The van der Waals surface area contributed by atoms with E-state index in [-0.39, 0.29) is 19.9 Å². The maximum Gasteiger partial charge on any atom is 0.423 e. The molecule has 1 aromatic heterocycles. The average molecular weight is 257 g/mol. The number of hydrogen-bond donors (Lipinski definition) is 1. The topological polar surface area (TPSA) is 33.3 Å². The standard InChI is InChI=1S/C9H10ClF3NO2/c10-8-7(9(11,12)13)2-1-3-14(8)6-16-5-4-15/h1-3,15H,4-6H2/q+1. The van der Waals surface area contributed by atoms with Crippen molar-refractivity contribution in [3.63, 3.8) is 0 Å². The maximum absolute atomic E-state index is 12.4. The van der Waals surface area contributed by atoms with E-state index in [0.717, 1.165) is 10.6 Å². The van der Waals surface area contributed by atoms with Crippen LogP contribution in [0.2, 0.25) is 5.15 Å². The molecule has 0 saturated carbocycles. The van der Waals surface area contributed by atoms with Gasteiger partial charge >= 0.3 is 6.18 Å². The van der Waals surface area contributed by atoms with Crippen molar-refractivity contribution in [2.75, 3.05) is 13.2 Å². The first-order valence-electron chi connectivity index (χ1n) is 4.40. The number of rotatable bonds is 4. The van der Waals surface area contributed by atoms with Crippen molar-refractivity contribution < 1.29 is 27.6 Å². The number of aromatic nitrogens is 1. The average Bonchev–Trinajstić information content (AvgIpc) is 2.19. The molecule has 0 aromatic carbocycles. The Bertz CT molecular complexity index is 357. The molecule has 0 unspecified atom stereocenters. The summed E-state index contributed by atoms with van der Waals surface area (Å²) in [6, 6.07) is 2.13. The van der Waals surface area contributed by atoms with Crippen LogP contribution >= 0.6 is 11.6 Å². The van der Waals surface area contributed by atoms with Crippen LogP contribution in [0.5, 0.6) is 0 Å². The lowest BCUT2D eigenvalue weighted by atomic mass is 10.3. The van der Waals surface area contributed by atoms with Gasteiger partial charge in [-0.15, -0.1) is 0 Å². The number of pyridine rings is 1. The number of ether oxygens (including phenoxy) is 1. The lowest BCUT2D eigenvalue weighted by Crippen LogP contribution is -2.38. The van der Waals surface area contributed by atoms with Crippen molar-refractivity contribution >= 4 is 11.6 Å². The first kappa shape index (κ1) is 13.2. The van der Waals surface area contributed by atoms with Crippen LogP contribution in [0.1, 0.15) is 5.56 Å². The molecule has 1 heterocycles. The van der Waals surface area contributed by atoms with Gasteiger partial charge in [0.1, 0.15) is 5.56 Å². The summed E-state index contributed by atoms with van der Waals surface area (Å²) in [5.41, 5.74) is -0.913. The molecule has 16 heavy (non-hydrogen) atoms. The van der Waals surface area contributed by atoms with E-state index in [2.05, 4.69) is 0 Å². The molecule has 1 N–H and O–H groups in total. The van der Waals surface area contributed by atoms with Crippen LogP contribution in [-0.4, -0.2) is 18.3 Å². The Kier molecular flexibility index (Phi) is 4.52. The monoisotopic (exact) mass is 256 g/mol. The van der Waals surface area contributed by atoms with Gasteiger partial charge in [-0.3, -0.25) is 0 Å². The molecule has 0 amide bonds. The third kappa shape index (κ3) is 3.33. The summed E-state index contributed by atoms with van der Waals surface area (Å²) in [4.78, 5) is 0. The molecule has 0 atom stereocenters. The Labute approximate surface area is 95.0 Å². The molecule has 0 radical (unpaired) electrons. The predicted molar refractivity (Wildman–Crippen MR) is 49.7 cm³/mol. The number of nitrogens with zero attached hydrogens (tertiary/aromatic N) is 1. The molecule has 0 spiro atoms.